The summed E-state index contributed by atoms with van der Waals surface area (Å²) in [6, 6.07) is 1.58. The van der Waals surface area contributed by atoms with Crippen LogP contribution in [0.15, 0.2) is 12.3 Å². The van der Waals surface area contributed by atoms with Crippen LogP contribution in [0, 0.1) is 34.8 Å². The van der Waals surface area contributed by atoms with Crippen molar-refractivity contribution in [3.05, 3.63) is 27.9 Å². The molecule has 1 N–H and O–H groups in total. The summed E-state index contributed by atoms with van der Waals surface area (Å²) in [7, 11) is 0. The van der Waals surface area contributed by atoms with Gasteiger partial charge in [-0.15, -0.1) is 0 Å². The van der Waals surface area contributed by atoms with Crippen LogP contribution < -0.4 is 5.32 Å². The number of pyridine rings is 1. The van der Waals surface area contributed by atoms with Gasteiger partial charge in [0.2, 0.25) is 0 Å². The first-order valence-electron chi connectivity index (χ1n) is 7.00. The van der Waals surface area contributed by atoms with Gasteiger partial charge in [0, 0.05) is 12.6 Å². The summed E-state index contributed by atoms with van der Waals surface area (Å²) in [5.74, 6) is 3.37. The second kappa shape index (κ2) is 4.79. The Morgan fingerprint density at radius 2 is 2.05 bits per heavy atom. The quantitative estimate of drug-likeness (QED) is 0.631. The van der Waals surface area contributed by atoms with Crippen molar-refractivity contribution in [3.8, 4) is 0 Å². The molecule has 0 saturated heterocycles. The van der Waals surface area contributed by atoms with Crippen molar-refractivity contribution in [1.82, 2.24) is 4.98 Å². The standard InChI is InChI=1S/C14H19N3O2/c1-9-6-12(17(18)19)7-15-14(9)16-8-13(10-2-3-10)11-4-5-11/h6-7,10-11,13H,2-5,8H2,1H3,(H,15,16). The number of aryl methyl sites for hydroxylation is 1. The van der Waals surface area contributed by atoms with Crippen LogP contribution in [0.1, 0.15) is 31.2 Å². The average Bonchev–Trinajstić information content (AvgIpc) is 3.25. The van der Waals surface area contributed by atoms with Crippen molar-refractivity contribution >= 4 is 11.5 Å². The van der Waals surface area contributed by atoms with Crippen LogP contribution in [0.2, 0.25) is 0 Å². The maximum absolute atomic E-state index is 10.7. The lowest BCUT2D eigenvalue weighted by atomic mass is 9.98. The number of nitrogens with one attached hydrogen (secondary N) is 1. The van der Waals surface area contributed by atoms with Gasteiger partial charge in [0.05, 0.1) is 4.92 Å². The number of nitro groups is 1. The van der Waals surface area contributed by atoms with E-state index in [9.17, 15) is 10.1 Å². The first kappa shape index (κ1) is 12.4. The number of rotatable bonds is 6. The summed E-state index contributed by atoms with van der Waals surface area (Å²) >= 11 is 0. The first-order chi connectivity index (χ1) is 9.15. The molecular weight excluding hydrogens is 242 g/mol. The largest absolute Gasteiger partial charge is 0.370 e. The van der Waals surface area contributed by atoms with Gasteiger partial charge in [-0.25, -0.2) is 4.98 Å². The molecular formula is C14H19N3O2. The van der Waals surface area contributed by atoms with Crippen molar-refractivity contribution in [3.63, 3.8) is 0 Å². The topological polar surface area (TPSA) is 68.1 Å². The molecule has 1 heterocycles. The molecule has 3 rings (SSSR count). The molecule has 2 aliphatic rings. The van der Waals surface area contributed by atoms with Gasteiger partial charge in [0.1, 0.15) is 12.0 Å². The van der Waals surface area contributed by atoms with E-state index in [0.29, 0.717) is 0 Å². The Kier molecular flexibility index (Phi) is 3.12. The van der Waals surface area contributed by atoms with E-state index in [1.807, 2.05) is 6.92 Å². The normalized spacial score (nSPS) is 18.6. The highest BCUT2D eigenvalue weighted by Crippen LogP contribution is 2.49. The molecule has 19 heavy (non-hydrogen) atoms. The van der Waals surface area contributed by atoms with E-state index in [1.54, 1.807) is 6.07 Å². The maximum atomic E-state index is 10.7. The smallest absolute Gasteiger partial charge is 0.287 e. The fraction of sp³-hybridized carbons (Fsp3) is 0.643. The molecule has 0 amide bonds. The molecule has 0 aliphatic heterocycles. The lowest BCUT2D eigenvalue weighted by Gasteiger charge is -2.17. The summed E-state index contributed by atoms with van der Waals surface area (Å²) < 4.78 is 0. The van der Waals surface area contributed by atoms with Crippen LogP contribution in [-0.4, -0.2) is 16.5 Å². The number of anilines is 1. The zero-order valence-electron chi connectivity index (χ0n) is 11.1. The molecule has 2 saturated carbocycles. The molecule has 0 atom stereocenters. The van der Waals surface area contributed by atoms with Gasteiger partial charge in [-0.3, -0.25) is 10.1 Å². The Balaban J connectivity index is 1.64. The Labute approximate surface area is 112 Å². The van der Waals surface area contributed by atoms with E-state index < -0.39 is 4.92 Å². The minimum absolute atomic E-state index is 0.0592. The molecule has 102 valence electrons. The fourth-order valence-electron chi connectivity index (χ4n) is 2.83. The van der Waals surface area contributed by atoms with Gasteiger partial charge < -0.3 is 5.32 Å². The van der Waals surface area contributed by atoms with Crippen LogP contribution in [-0.2, 0) is 0 Å². The van der Waals surface area contributed by atoms with Gasteiger partial charge in [-0.05, 0) is 55.9 Å². The third kappa shape index (κ3) is 2.85. The SMILES string of the molecule is Cc1cc([N+](=O)[O-])cnc1NCC(C1CC1)C1CC1. The highest BCUT2D eigenvalue weighted by molar-refractivity contribution is 5.48. The van der Waals surface area contributed by atoms with Gasteiger partial charge in [-0.1, -0.05) is 0 Å². The van der Waals surface area contributed by atoms with E-state index >= 15 is 0 Å². The molecule has 0 unspecified atom stereocenters. The predicted molar refractivity (Wildman–Crippen MR) is 73.1 cm³/mol. The number of aromatic nitrogens is 1. The summed E-state index contributed by atoms with van der Waals surface area (Å²) in [5.41, 5.74) is 0.906. The summed E-state index contributed by atoms with van der Waals surface area (Å²) in [4.78, 5) is 14.4. The second-order valence-electron chi connectivity index (χ2n) is 5.84. The Hall–Kier alpha value is -1.65. The Morgan fingerprint density at radius 3 is 2.53 bits per heavy atom. The summed E-state index contributed by atoms with van der Waals surface area (Å²) in [5, 5.41) is 14.1. The molecule has 0 radical (unpaired) electrons. The Morgan fingerprint density at radius 1 is 1.42 bits per heavy atom. The molecule has 1 aromatic rings. The second-order valence-corrected chi connectivity index (χ2v) is 5.84. The third-order valence-electron chi connectivity index (χ3n) is 4.23. The van der Waals surface area contributed by atoms with E-state index in [2.05, 4.69) is 10.3 Å². The van der Waals surface area contributed by atoms with Gasteiger partial charge in [0.25, 0.3) is 5.69 Å². The number of hydrogen-bond donors (Lipinski definition) is 1. The summed E-state index contributed by atoms with van der Waals surface area (Å²) in [6.45, 7) is 2.83. The average molecular weight is 261 g/mol. The molecule has 1 aromatic heterocycles. The third-order valence-corrected chi connectivity index (χ3v) is 4.23. The molecule has 0 spiro atoms. The minimum atomic E-state index is -0.402. The van der Waals surface area contributed by atoms with Crippen molar-refractivity contribution in [2.24, 2.45) is 17.8 Å². The van der Waals surface area contributed by atoms with Crippen molar-refractivity contribution in [1.29, 1.82) is 0 Å². The van der Waals surface area contributed by atoms with E-state index in [-0.39, 0.29) is 5.69 Å². The predicted octanol–water partition coefficient (Wildman–Crippen LogP) is 3.15. The lowest BCUT2D eigenvalue weighted by molar-refractivity contribution is -0.385. The fourth-order valence-corrected chi connectivity index (χ4v) is 2.83. The lowest BCUT2D eigenvalue weighted by Crippen LogP contribution is -2.19. The zero-order chi connectivity index (χ0) is 13.4. The van der Waals surface area contributed by atoms with Crippen LogP contribution >= 0.6 is 0 Å². The zero-order valence-corrected chi connectivity index (χ0v) is 11.1. The van der Waals surface area contributed by atoms with Crippen LogP contribution in [0.25, 0.3) is 0 Å². The molecule has 2 aliphatic carbocycles. The van der Waals surface area contributed by atoms with Gasteiger partial charge in [-0.2, -0.15) is 0 Å². The molecule has 5 heteroatoms. The number of nitrogens with zero attached hydrogens (tertiary/aromatic N) is 2. The van der Waals surface area contributed by atoms with E-state index in [4.69, 9.17) is 0 Å². The van der Waals surface area contributed by atoms with E-state index in [0.717, 1.165) is 35.7 Å². The molecule has 5 nitrogen and oxygen atoms in total. The monoisotopic (exact) mass is 261 g/mol. The number of hydrogen-bond acceptors (Lipinski definition) is 4. The van der Waals surface area contributed by atoms with Crippen molar-refractivity contribution < 1.29 is 4.92 Å². The first-order valence-corrected chi connectivity index (χ1v) is 7.00. The van der Waals surface area contributed by atoms with Crippen LogP contribution in [0.3, 0.4) is 0 Å². The van der Waals surface area contributed by atoms with Gasteiger partial charge in [0.15, 0.2) is 0 Å². The highest BCUT2D eigenvalue weighted by atomic mass is 16.6. The summed E-state index contributed by atoms with van der Waals surface area (Å²) in [6.07, 6.45) is 6.81. The maximum Gasteiger partial charge on any atom is 0.287 e. The van der Waals surface area contributed by atoms with Crippen LogP contribution in [0.4, 0.5) is 11.5 Å². The van der Waals surface area contributed by atoms with Crippen molar-refractivity contribution in [2.45, 2.75) is 32.6 Å². The Bertz CT molecular complexity index is 483. The van der Waals surface area contributed by atoms with Crippen molar-refractivity contribution in [2.75, 3.05) is 11.9 Å². The van der Waals surface area contributed by atoms with Crippen LogP contribution in [0.5, 0.6) is 0 Å². The van der Waals surface area contributed by atoms with E-state index in [1.165, 1.54) is 31.9 Å². The molecule has 0 bridgehead atoms. The minimum Gasteiger partial charge on any atom is -0.370 e. The molecule has 0 aromatic carbocycles. The highest BCUT2D eigenvalue weighted by Gasteiger charge is 2.41. The molecule has 2 fully saturated rings. The van der Waals surface area contributed by atoms with Gasteiger partial charge >= 0.3 is 0 Å².